The average molecular weight is 236 g/mol. The molecule has 0 amide bonds. The van der Waals surface area contributed by atoms with Gasteiger partial charge in [-0.2, -0.15) is 0 Å². The molecule has 0 unspecified atom stereocenters. The zero-order valence-electron chi connectivity index (χ0n) is 10.3. The van der Waals surface area contributed by atoms with Gasteiger partial charge in [0.05, 0.1) is 13.2 Å². The van der Waals surface area contributed by atoms with Gasteiger partial charge in [0.2, 0.25) is 0 Å². The number of hydrogen-bond donors (Lipinski definition) is 1. The van der Waals surface area contributed by atoms with E-state index in [1.54, 1.807) is 0 Å². The number of esters is 1. The summed E-state index contributed by atoms with van der Waals surface area (Å²) in [5.41, 5.74) is 2.15. The van der Waals surface area contributed by atoms with Crippen molar-refractivity contribution in [3.05, 3.63) is 35.4 Å². The summed E-state index contributed by atoms with van der Waals surface area (Å²) in [5, 5.41) is 9.00. The minimum absolute atomic E-state index is 0.0800. The molecule has 3 heteroatoms. The molecule has 0 fully saturated rings. The largest absolute Gasteiger partial charge is 0.466 e. The zero-order valence-corrected chi connectivity index (χ0v) is 10.3. The summed E-state index contributed by atoms with van der Waals surface area (Å²) < 4.78 is 4.86. The Bertz CT molecular complexity index is 347. The predicted octanol–water partition coefficient (Wildman–Crippen LogP) is 2.45. The van der Waals surface area contributed by atoms with Crippen molar-refractivity contribution in [3.63, 3.8) is 0 Å². The number of unbranched alkanes of at least 4 members (excludes halogenated alkanes) is 1. The second-order valence-corrected chi connectivity index (χ2v) is 3.99. The Balaban J connectivity index is 2.24. The molecular weight excluding hydrogens is 216 g/mol. The first-order valence-electron chi connectivity index (χ1n) is 6.10. The van der Waals surface area contributed by atoms with Gasteiger partial charge in [0.1, 0.15) is 0 Å². The van der Waals surface area contributed by atoms with Crippen molar-refractivity contribution in [2.24, 2.45) is 0 Å². The molecule has 1 N–H and O–H groups in total. The molecule has 3 nitrogen and oxygen atoms in total. The number of carbonyl (C=O) groups is 1. The average Bonchev–Trinajstić information content (AvgIpc) is 2.35. The molecule has 0 heterocycles. The van der Waals surface area contributed by atoms with E-state index in [1.807, 2.05) is 31.2 Å². The third-order valence-corrected chi connectivity index (χ3v) is 2.58. The van der Waals surface area contributed by atoms with E-state index in [4.69, 9.17) is 9.84 Å². The van der Waals surface area contributed by atoms with E-state index in [9.17, 15) is 4.79 Å². The van der Waals surface area contributed by atoms with Crippen LogP contribution in [0.2, 0.25) is 0 Å². The highest BCUT2D eigenvalue weighted by molar-refractivity contribution is 5.69. The molecule has 1 aromatic carbocycles. The molecule has 1 aromatic rings. The van der Waals surface area contributed by atoms with Gasteiger partial charge in [0.25, 0.3) is 0 Å². The summed E-state index contributed by atoms with van der Waals surface area (Å²) in [6.45, 7) is 2.35. The molecule has 0 radical (unpaired) electrons. The fourth-order valence-corrected chi connectivity index (χ4v) is 1.72. The molecule has 0 spiro atoms. The summed E-state index contributed by atoms with van der Waals surface area (Å²) in [5.74, 6) is -0.114. The van der Waals surface area contributed by atoms with Crippen LogP contribution in [0.15, 0.2) is 24.3 Å². The lowest BCUT2D eigenvalue weighted by atomic mass is 10.0. The summed E-state index contributed by atoms with van der Waals surface area (Å²) in [7, 11) is 0. The van der Waals surface area contributed by atoms with E-state index in [0.717, 1.165) is 24.8 Å². The molecule has 17 heavy (non-hydrogen) atoms. The first kappa shape index (κ1) is 13.7. The van der Waals surface area contributed by atoms with Gasteiger partial charge in [-0.25, -0.2) is 0 Å². The maximum Gasteiger partial charge on any atom is 0.305 e. The number of carbonyl (C=O) groups excluding carboxylic acids is 1. The Morgan fingerprint density at radius 2 is 2.06 bits per heavy atom. The lowest BCUT2D eigenvalue weighted by Crippen LogP contribution is -2.03. The number of aryl methyl sites for hydroxylation is 1. The Morgan fingerprint density at radius 3 is 2.76 bits per heavy atom. The van der Waals surface area contributed by atoms with Crippen molar-refractivity contribution in [1.82, 2.24) is 0 Å². The smallest absolute Gasteiger partial charge is 0.305 e. The lowest BCUT2D eigenvalue weighted by Gasteiger charge is -2.04. The van der Waals surface area contributed by atoms with Gasteiger partial charge in [-0.1, -0.05) is 24.3 Å². The van der Waals surface area contributed by atoms with Crippen LogP contribution in [0.5, 0.6) is 0 Å². The Labute approximate surface area is 102 Å². The van der Waals surface area contributed by atoms with E-state index in [1.165, 1.54) is 5.56 Å². The van der Waals surface area contributed by atoms with Crippen molar-refractivity contribution < 1.29 is 14.6 Å². The first-order valence-corrected chi connectivity index (χ1v) is 6.10. The molecule has 0 aliphatic heterocycles. The number of ether oxygens (including phenoxy) is 1. The normalized spacial score (nSPS) is 10.2. The van der Waals surface area contributed by atoms with Gasteiger partial charge >= 0.3 is 5.97 Å². The van der Waals surface area contributed by atoms with Crippen molar-refractivity contribution in [2.75, 3.05) is 6.61 Å². The molecule has 94 valence electrons. The molecule has 0 saturated heterocycles. The van der Waals surface area contributed by atoms with Gasteiger partial charge in [0.15, 0.2) is 0 Å². The molecule has 0 bridgehead atoms. The van der Waals surface area contributed by atoms with Crippen molar-refractivity contribution in [3.8, 4) is 0 Å². The van der Waals surface area contributed by atoms with Crippen LogP contribution in [0, 0.1) is 0 Å². The maximum atomic E-state index is 11.1. The van der Waals surface area contributed by atoms with Crippen LogP contribution in [0.4, 0.5) is 0 Å². The Hall–Kier alpha value is -1.35. The number of aliphatic hydroxyl groups is 1. The Morgan fingerprint density at radius 1 is 1.29 bits per heavy atom. The molecule has 0 atom stereocenters. The van der Waals surface area contributed by atoms with Crippen molar-refractivity contribution >= 4 is 5.97 Å². The van der Waals surface area contributed by atoms with Gasteiger partial charge < -0.3 is 9.84 Å². The van der Waals surface area contributed by atoms with Crippen LogP contribution in [0.25, 0.3) is 0 Å². The number of rotatable bonds is 7. The summed E-state index contributed by atoms with van der Waals surface area (Å²) in [4.78, 5) is 11.1. The van der Waals surface area contributed by atoms with Crippen molar-refractivity contribution in [1.29, 1.82) is 0 Å². The van der Waals surface area contributed by atoms with Crippen LogP contribution >= 0.6 is 0 Å². The predicted molar refractivity (Wildman–Crippen MR) is 66.6 cm³/mol. The standard InChI is InChI=1S/C14H20O3/c1-2-17-14(16)9-4-3-6-12-7-5-8-13(10-12)11-15/h5,7-8,10,15H,2-4,6,9,11H2,1H3. The fourth-order valence-electron chi connectivity index (χ4n) is 1.72. The van der Waals surface area contributed by atoms with Gasteiger partial charge in [-0.05, 0) is 37.3 Å². The topological polar surface area (TPSA) is 46.5 Å². The quantitative estimate of drug-likeness (QED) is 0.584. The lowest BCUT2D eigenvalue weighted by molar-refractivity contribution is -0.143. The van der Waals surface area contributed by atoms with Gasteiger partial charge in [-0.3, -0.25) is 4.79 Å². The van der Waals surface area contributed by atoms with Crippen molar-refractivity contribution in [2.45, 2.75) is 39.2 Å². The minimum Gasteiger partial charge on any atom is -0.466 e. The third kappa shape index (κ3) is 5.50. The molecule has 0 aromatic heterocycles. The summed E-state index contributed by atoms with van der Waals surface area (Å²) in [6, 6.07) is 7.90. The van der Waals surface area contributed by atoms with E-state index in [2.05, 4.69) is 0 Å². The third-order valence-electron chi connectivity index (χ3n) is 2.58. The molecule has 1 rings (SSSR count). The van der Waals surface area contributed by atoms with E-state index in [-0.39, 0.29) is 12.6 Å². The summed E-state index contributed by atoms with van der Waals surface area (Å²) >= 11 is 0. The molecular formula is C14H20O3. The van der Waals surface area contributed by atoms with Crippen LogP contribution in [0.3, 0.4) is 0 Å². The van der Waals surface area contributed by atoms with Gasteiger partial charge in [-0.15, -0.1) is 0 Å². The van der Waals surface area contributed by atoms with Crippen LogP contribution in [-0.4, -0.2) is 17.7 Å². The number of hydrogen-bond acceptors (Lipinski definition) is 3. The number of benzene rings is 1. The van der Waals surface area contributed by atoms with Crippen LogP contribution in [0.1, 0.15) is 37.3 Å². The van der Waals surface area contributed by atoms with Crippen LogP contribution in [-0.2, 0) is 22.6 Å². The molecule has 0 aliphatic rings. The van der Waals surface area contributed by atoms with Crippen LogP contribution < -0.4 is 0 Å². The first-order chi connectivity index (χ1) is 8.26. The van der Waals surface area contributed by atoms with E-state index >= 15 is 0 Å². The SMILES string of the molecule is CCOC(=O)CCCCc1cccc(CO)c1. The molecule has 0 saturated carbocycles. The minimum atomic E-state index is -0.114. The van der Waals surface area contributed by atoms with E-state index in [0.29, 0.717) is 13.0 Å². The highest BCUT2D eigenvalue weighted by Gasteiger charge is 2.01. The monoisotopic (exact) mass is 236 g/mol. The highest BCUT2D eigenvalue weighted by atomic mass is 16.5. The fraction of sp³-hybridized carbons (Fsp3) is 0.500. The second-order valence-electron chi connectivity index (χ2n) is 3.99. The second kappa shape index (κ2) is 7.85. The van der Waals surface area contributed by atoms with E-state index < -0.39 is 0 Å². The Kier molecular flexibility index (Phi) is 6.33. The maximum absolute atomic E-state index is 11.1. The summed E-state index contributed by atoms with van der Waals surface area (Å²) in [6.07, 6.45) is 3.25. The molecule has 0 aliphatic carbocycles. The highest BCUT2D eigenvalue weighted by Crippen LogP contribution is 2.10. The zero-order chi connectivity index (χ0) is 12.5. The van der Waals surface area contributed by atoms with Gasteiger partial charge in [0, 0.05) is 6.42 Å². The number of aliphatic hydroxyl groups excluding tert-OH is 1.